The van der Waals surface area contributed by atoms with E-state index in [4.69, 9.17) is 0 Å². The number of aliphatic hydroxyl groups is 1. The number of aliphatic hydroxyl groups excluding tert-OH is 1. The molecule has 2 heterocycles. The van der Waals surface area contributed by atoms with Gasteiger partial charge in [0, 0.05) is 24.2 Å². The predicted octanol–water partition coefficient (Wildman–Crippen LogP) is 1.25. The van der Waals surface area contributed by atoms with Crippen LogP contribution >= 0.6 is 0 Å². The number of halogens is 1. The average Bonchev–Trinajstić information content (AvgIpc) is 2.30. The quantitative estimate of drug-likeness (QED) is 0.772. The molecule has 1 fully saturated rings. The molecular weight excluding hydrogens is 195 g/mol. The molecule has 0 aromatic carbocycles. The maximum Gasteiger partial charge on any atom is 0.147 e. The second-order valence-corrected chi connectivity index (χ2v) is 3.95. The predicted molar refractivity (Wildman–Crippen MR) is 54.7 cm³/mol. The molecular formula is C11H15FN2O. The van der Waals surface area contributed by atoms with Crippen molar-refractivity contribution in [2.75, 3.05) is 13.1 Å². The molecule has 1 aliphatic rings. The minimum Gasteiger partial charge on any atom is -0.388 e. The number of hydrogen-bond acceptors (Lipinski definition) is 3. The van der Waals surface area contributed by atoms with Gasteiger partial charge in [0.25, 0.3) is 0 Å². The number of rotatable bonds is 2. The molecule has 2 atom stereocenters. The summed E-state index contributed by atoms with van der Waals surface area (Å²) >= 11 is 0. The van der Waals surface area contributed by atoms with Crippen molar-refractivity contribution in [1.29, 1.82) is 0 Å². The number of hydrogen-bond donors (Lipinski definition) is 2. The third-order valence-electron chi connectivity index (χ3n) is 2.90. The molecule has 0 radical (unpaired) electrons. The maximum absolute atomic E-state index is 13.4. The van der Waals surface area contributed by atoms with Crippen molar-refractivity contribution in [1.82, 2.24) is 10.3 Å². The highest BCUT2D eigenvalue weighted by Gasteiger charge is 2.24. The van der Waals surface area contributed by atoms with E-state index < -0.39 is 11.9 Å². The molecule has 1 aliphatic heterocycles. The van der Waals surface area contributed by atoms with E-state index in [1.54, 1.807) is 6.07 Å². The molecule has 0 spiro atoms. The van der Waals surface area contributed by atoms with Gasteiger partial charge in [-0.3, -0.25) is 4.98 Å². The highest BCUT2D eigenvalue weighted by Crippen LogP contribution is 2.28. The first-order valence-corrected chi connectivity index (χ1v) is 5.27. The zero-order chi connectivity index (χ0) is 10.7. The molecule has 1 aromatic heterocycles. The van der Waals surface area contributed by atoms with E-state index in [0.29, 0.717) is 5.56 Å². The monoisotopic (exact) mass is 210 g/mol. The van der Waals surface area contributed by atoms with Gasteiger partial charge in [-0.05, 0) is 25.5 Å². The van der Waals surface area contributed by atoms with Crippen LogP contribution in [0.1, 0.15) is 24.5 Å². The Bertz CT molecular complexity index is 326. The van der Waals surface area contributed by atoms with E-state index >= 15 is 0 Å². The number of pyridine rings is 1. The molecule has 2 N–H and O–H groups in total. The van der Waals surface area contributed by atoms with Gasteiger partial charge >= 0.3 is 0 Å². The molecule has 0 bridgehead atoms. The van der Waals surface area contributed by atoms with Gasteiger partial charge in [0.15, 0.2) is 0 Å². The van der Waals surface area contributed by atoms with Gasteiger partial charge in [-0.15, -0.1) is 0 Å². The molecule has 1 aromatic rings. The first kappa shape index (κ1) is 10.5. The molecule has 4 heteroatoms. The summed E-state index contributed by atoms with van der Waals surface area (Å²) in [5.74, 6) is -0.314. The van der Waals surface area contributed by atoms with Crippen molar-refractivity contribution in [3.63, 3.8) is 0 Å². The highest BCUT2D eigenvalue weighted by molar-refractivity contribution is 5.16. The summed E-state index contributed by atoms with van der Waals surface area (Å²) in [7, 11) is 0. The van der Waals surface area contributed by atoms with Crippen LogP contribution in [0.15, 0.2) is 18.5 Å². The zero-order valence-corrected chi connectivity index (χ0v) is 8.49. The van der Waals surface area contributed by atoms with Gasteiger partial charge in [0.05, 0.1) is 12.3 Å². The van der Waals surface area contributed by atoms with Gasteiger partial charge in [-0.1, -0.05) is 0 Å². The number of aromatic nitrogens is 1. The Labute approximate surface area is 88.3 Å². The smallest absolute Gasteiger partial charge is 0.147 e. The summed E-state index contributed by atoms with van der Waals surface area (Å²) in [6, 6.07) is 1.55. The van der Waals surface area contributed by atoms with Crippen molar-refractivity contribution in [3.05, 3.63) is 29.8 Å². The van der Waals surface area contributed by atoms with Gasteiger partial charge in [0.2, 0.25) is 0 Å². The Hall–Kier alpha value is -1.00. The summed E-state index contributed by atoms with van der Waals surface area (Å²) in [6.07, 6.45) is 3.91. The molecule has 1 saturated heterocycles. The summed E-state index contributed by atoms with van der Waals surface area (Å²) in [6.45, 7) is 1.74. The SMILES string of the molecule is OC(c1ccncc1F)C1CCCNC1. The van der Waals surface area contributed by atoms with Crippen LogP contribution in [-0.2, 0) is 0 Å². The van der Waals surface area contributed by atoms with Crippen LogP contribution < -0.4 is 5.32 Å². The second kappa shape index (κ2) is 4.68. The second-order valence-electron chi connectivity index (χ2n) is 3.95. The van der Waals surface area contributed by atoms with E-state index in [-0.39, 0.29) is 5.92 Å². The van der Waals surface area contributed by atoms with E-state index in [9.17, 15) is 9.50 Å². The molecule has 0 aliphatic carbocycles. The third kappa shape index (κ3) is 2.33. The Morgan fingerprint density at radius 2 is 2.47 bits per heavy atom. The number of nitrogens with one attached hydrogen (secondary N) is 1. The van der Waals surface area contributed by atoms with Crippen molar-refractivity contribution >= 4 is 0 Å². The summed E-state index contributed by atoms with van der Waals surface area (Å²) in [5.41, 5.74) is 0.360. The summed E-state index contributed by atoms with van der Waals surface area (Å²) in [5, 5.41) is 13.2. The summed E-state index contributed by atoms with van der Waals surface area (Å²) < 4.78 is 13.4. The molecule has 82 valence electrons. The third-order valence-corrected chi connectivity index (χ3v) is 2.90. The zero-order valence-electron chi connectivity index (χ0n) is 8.49. The van der Waals surface area contributed by atoms with Crippen molar-refractivity contribution in [3.8, 4) is 0 Å². The largest absolute Gasteiger partial charge is 0.388 e. The lowest BCUT2D eigenvalue weighted by Crippen LogP contribution is -2.33. The van der Waals surface area contributed by atoms with Gasteiger partial charge in [0.1, 0.15) is 5.82 Å². The minimum atomic E-state index is -0.721. The van der Waals surface area contributed by atoms with Crippen LogP contribution in [0.4, 0.5) is 4.39 Å². The first-order valence-electron chi connectivity index (χ1n) is 5.27. The van der Waals surface area contributed by atoms with Crippen LogP contribution in [-0.4, -0.2) is 23.2 Å². The summed E-state index contributed by atoms with van der Waals surface area (Å²) in [4.78, 5) is 3.67. The fourth-order valence-corrected chi connectivity index (χ4v) is 2.03. The lowest BCUT2D eigenvalue weighted by Gasteiger charge is -2.27. The van der Waals surface area contributed by atoms with Crippen LogP contribution in [0.2, 0.25) is 0 Å². The van der Waals surface area contributed by atoms with E-state index in [2.05, 4.69) is 10.3 Å². The maximum atomic E-state index is 13.4. The van der Waals surface area contributed by atoms with Gasteiger partial charge < -0.3 is 10.4 Å². The van der Waals surface area contributed by atoms with Crippen LogP contribution in [0.25, 0.3) is 0 Å². The van der Waals surface area contributed by atoms with Gasteiger partial charge in [-0.25, -0.2) is 4.39 Å². The van der Waals surface area contributed by atoms with Gasteiger partial charge in [-0.2, -0.15) is 0 Å². The average molecular weight is 210 g/mol. The standard InChI is InChI=1S/C11H15FN2O/c12-10-7-14-5-3-9(10)11(15)8-2-1-4-13-6-8/h3,5,7-8,11,13,15H,1-2,4,6H2. The minimum absolute atomic E-state index is 0.107. The fourth-order valence-electron chi connectivity index (χ4n) is 2.03. The van der Waals surface area contributed by atoms with Crippen molar-refractivity contribution in [2.24, 2.45) is 5.92 Å². The topological polar surface area (TPSA) is 45.2 Å². The molecule has 2 rings (SSSR count). The van der Waals surface area contributed by atoms with E-state index in [0.717, 1.165) is 32.1 Å². The molecule has 15 heavy (non-hydrogen) atoms. The van der Waals surface area contributed by atoms with E-state index in [1.807, 2.05) is 0 Å². The number of nitrogens with zero attached hydrogens (tertiary/aromatic N) is 1. The molecule has 3 nitrogen and oxygen atoms in total. The molecule has 0 saturated carbocycles. The number of piperidine rings is 1. The lowest BCUT2D eigenvalue weighted by molar-refractivity contribution is 0.0887. The molecule has 0 amide bonds. The molecule has 2 unspecified atom stereocenters. The lowest BCUT2D eigenvalue weighted by atomic mass is 9.90. The highest BCUT2D eigenvalue weighted by atomic mass is 19.1. The Balaban J connectivity index is 2.12. The Morgan fingerprint density at radius 3 is 3.13 bits per heavy atom. The Morgan fingerprint density at radius 1 is 1.60 bits per heavy atom. The van der Waals surface area contributed by atoms with Crippen molar-refractivity contribution in [2.45, 2.75) is 18.9 Å². The van der Waals surface area contributed by atoms with Crippen LogP contribution in [0.3, 0.4) is 0 Å². The van der Waals surface area contributed by atoms with Crippen LogP contribution in [0.5, 0.6) is 0 Å². The fraction of sp³-hybridized carbons (Fsp3) is 0.545. The normalized spacial score (nSPS) is 23.7. The Kier molecular flexibility index (Phi) is 3.28. The van der Waals surface area contributed by atoms with E-state index in [1.165, 1.54) is 6.20 Å². The first-order chi connectivity index (χ1) is 7.29. The van der Waals surface area contributed by atoms with Crippen LogP contribution in [0, 0.1) is 11.7 Å². The van der Waals surface area contributed by atoms with Crippen molar-refractivity contribution < 1.29 is 9.50 Å².